The topological polar surface area (TPSA) is 105 Å². The Bertz CT molecular complexity index is 1380. The van der Waals surface area contributed by atoms with Crippen molar-refractivity contribution in [1.82, 2.24) is 35.1 Å². The molecule has 0 aliphatic carbocycles. The van der Waals surface area contributed by atoms with Gasteiger partial charge >= 0.3 is 0 Å². The van der Waals surface area contributed by atoms with Gasteiger partial charge in [-0.05, 0) is 64.5 Å². The van der Waals surface area contributed by atoms with Crippen molar-refractivity contribution in [2.75, 3.05) is 33.7 Å². The van der Waals surface area contributed by atoms with Crippen LogP contribution in [-0.4, -0.2) is 81.4 Å². The Morgan fingerprint density at radius 2 is 1.93 bits per heavy atom. The number of carbonyl (C=O) groups is 2. The third kappa shape index (κ3) is 8.00. The Morgan fingerprint density at radius 1 is 1.17 bits per heavy atom. The van der Waals surface area contributed by atoms with Gasteiger partial charge in [0, 0.05) is 56.9 Å². The summed E-state index contributed by atoms with van der Waals surface area (Å²) >= 11 is 0. The molecule has 1 N–H and O–H groups in total. The first-order valence-corrected chi connectivity index (χ1v) is 14.0. The fraction of sp³-hybridized carbons (Fsp3) is 0.452. The minimum absolute atomic E-state index is 0.0135. The molecule has 0 radical (unpaired) electrons. The lowest BCUT2D eigenvalue weighted by molar-refractivity contribution is -0.127. The van der Waals surface area contributed by atoms with Crippen LogP contribution in [0.25, 0.3) is 11.1 Å². The molecule has 10 heteroatoms. The van der Waals surface area contributed by atoms with Crippen molar-refractivity contribution in [3.63, 3.8) is 0 Å². The zero-order valence-electron chi connectivity index (χ0n) is 24.9. The van der Waals surface area contributed by atoms with Crippen molar-refractivity contribution in [3.8, 4) is 16.9 Å². The summed E-state index contributed by atoms with van der Waals surface area (Å²) in [6.45, 7) is 10.5. The van der Waals surface area contributed by atoms with Gasteiger partial charge in [-0.15, -0.1) is 5.10 Å². The lowest BCUT2D eigenvalue weighted by Gasteiger charge is -2.32. The maximum Gasteiger partial charge on any atom is 0.273 e. The molecule has 1 aliphatic heterocycles. The molecule has 1 aliphatic rings. The quantitative estimate of drug-likeness (QED) is 0.398. The maximum absolute atomic E-state index is 12.6. The summed E-state index contributed by atoms with van der Waals surface area (Å²) in [5.74, 6) is 0.520. The van der Waals surface area contributed by atoms with Crippen LogP contribution in [-0.2, 0) is 16.9 Å². The van der Waals surface area contributed by atoms with Crippen LogP contribution in [0.4, 0.5) is 0 Å². The van der Waals surface area contributed by atoms with E-state index < -0.39 is 0 Å². The Hall–Kier alpha value is -4.05. The Labute approximate surface area is 242 Å². The van der Waals surface area contributed by atoms with Gasteiger partial charge in [0.1, 0.15) is 11.9 Å². The Kier molecular flexibility index (Phi) is 9.54. The van der Waals surface area contributed by atoms with E-state index in [0.717, 1.165) is 47.4 Å². The second-order valence-corrected chi connectivity index (χ2v) is 11.7. The number of ether oxygens (including phenoxy) is 1. The summed E-state index contributed by atoms with van der Waals surface area (Å²) < 4.78 is 8.09. The van der Waals surface area contributed by atoms with Crippen LogP contribution in [0.15, 0.2) is 55.0 Å². The van der Waals surface area contributed by atoms with Crippen molar-refractivity contribution in [2.45, 2.75) is 58.7 Å². The average Bonchev–Trinajstić information content (AvgIpc) is 3.44. The molecule has 1 fully saturated rings. The van der Waals surface area contributed by atoms with Gasteiger partial charge in [0.15, 0.2) is 5.69 Å². The van der Waals surface area contributed by atoms with Gasteiger partial charge < -0.3 is 19.9 Å². The molecule has 3 heterocycles. The predicted octanol–water partition coefficient (Wildman–Crippen LogP) is 3.82. The van der Waals surface area contributed by atoms with E-state index in [4.69, 9.17) is 4.74 Å². The number of nitrogens with zero attached hydrogens (tertiary/aromatic N) is 6. The normalized spacial score (nSPS) is 14.6. The molecule has 0 bridgehead atoms. The lowest BCUT2D eigenvalue weighted by atomic mass is 9.99. The SMILES string of the molecule is Cc1cc(-c2ccncc2OC2CCN(C(=O)/C=C/CN(C)C)CC2)ccc1CNC(=O)c1cn(C(C)(C)C)nn1. The van der Waals surface area contributed by atoms with E-state index in [2.05, 4.69) is 26.7 Å². The number of nitrogens with one attached hydrogen (secondary N) is 1. The van der Waals surface area contributed by atoms with Gasteiger partial charge in [0.05, 0.1) is 17.9 Å². The average molecular weight is 560 g/mol. The number of amides is 2. The van der Waals surface area contributed by atoms with Gasteiger partial charge in [-0.2, -0.15) is 0 Å². The molecule has 0 spiro atoms. The molecule has 218 valence electrons. The highest BCUT2D eigenvalue weighted by Gasteiger charge is 2.24. The number of aryl methyl sites for hydroxylation is 1. The van der Waals surface area contributed by atoms with Crippen molar-refractivity contribution >= 4 is 11.8 Å². The van der Waals surface area contributed by atoms with Crippen LogP contribution in [0.1, 0.15) is 55.2 Å². The summed E-state index contributed by atoms with van der Waals surface area (Å²) in [4.78, 5) is 33.3. The van der Waals surface area contributed by atoms with Gasteiger partial charge in [-0.3, -0.25) is 14.6 Å². The molecular formula is C31H41N7O3. The monoisotopic (exact) mass is 559 g/mol. The standard InChI is InChI=1S/C31H41N7O3/c1-22-18-23(9-10-24(22)19-33-30(40)27-21-38(35-34-27)31(2,3)4)26-11-14-32-20-28(26)41-25-12-16-37(17-13-25)29(39)8-7-15-36(5)6/h7-11,14,18,20-21,25H,12-13,15-17,19H2,1-6H3,(H,33,40)/b8-7+. The van der Waals surface area contributed by atoms with Crippen molar-refractivity contribution in [2.24, 2.45) is 0 Å². The minimum atomic E-state index is -0.258. The van der Waals surface area contributed by atoms with Gasteiger partial charge in [-0.25, -0.2) is 4.68 Å². The number of hydrogen-bond donors (Lipinski definition) is 1. The number of likely N-dealkylation sites (N-methyl/N-ethyl adjacent to an activating group) is 1. The fourth-order valence-corrected chi connectivity index (χ4v) is 4.58. The highest BCUT2D eigenvalue weighted by atomic mass is 16.5. The molecule has 1 saturated heterocycles. The van der Waals surface area contributed by atoms with Crippen LogP contribution >= 0.6 is 0 Å². The van der Waals surface area contributed by atoms with Crippen LogP contribution in [0, 0.1) is 6.92 Å². The first kappa shape index (κ1) is 29.9. The Balaban J connectivity index is 1.36. The van der Waals surface area contributed by atoms with E-state index >= 15 is 0 Å². The van der Waals surface area contributed by atoms with E-state index in [1.54, 1.807) is 29.3 Å². The van der Waals surface area contributed by atoms with E-state index in [1.165, 1.54) is 0 Å². The summed E-state index contributed by atoms with van der Waals surface area (Å²) in [6, 6.07) is 8.11. The summed E-state index contributed by atoms with van der Waals surface area (Å²) in [6.07, 6.45) is 10.3. The third-order valence-corrected chi connectivity index (χ3v) is 7.07. The van der Waals surface area contributed by atoms with Crippen molar-refractivity contribution in [1.29, 1.82) is 0 Å². The zero-order valence-corrected chi connectivity index (χ0v) is 24.9. The second kappa shape index (κ2) is 13.1. The first-order chi connectivity index (χ1) is 19.5. The summed E-state index contributed by atoms with van der Waals surface area (Å²) in [5, 5.41) is 11.0. The van der Waals surface area contributed by atoms with E-state index in [9.17, 15) is 9.59 Å². The van der Waals surface area contributed by atoms with Crippen LogP contribution < -0.4 is 10.1 Å². The summed E-state index contributed by atoms with van der Waals surface area (Å²) in [5.41, 5.74) is 4.09. The highest BCUT2D eigenvalue weighted by molar-refractivity contribution is 5.91. The first-order valence-electron chi connectivity index (χ1n) is 14.0. The predicted molar refractivity (Wildman–Crippen MR) is 159 cm³/mol. The molecule has 2 amide bonds. The molecule has 41 heavy (non-hydrogen) atoms. The van der Waals surface area contributed by atoms with Crippen molar-refractivity contribution in [3.05, 3.63) is 71.8 Å². The number of aromatic nitrogens is 4. The third-order valence-electron chi connectivity index (χ3n) is 7.07. The number of piperidine rings is 1. The highest BCUT2D eigenvalue weighted by Crippen LogP contribution is 2.32. The minimum Gasteiger partial charge on any atom is -0.488 e. The maximum atomic E-state index is 12.6. The number of rotatable bonds is 9. The fourth-order valence-electron chi connectivity index (χ4n) is 4.58. The molecule has 1 aromatic carbocycles. The van der Waals surface area contributed by atoms with Crippen LogP contribution in [0.2, 0.25) is 0 Å². The van der Waals surface area contributed by atoms with Gasteiger partial charge in [0.2, 0.25) is 5.91 Å². The largest absolute Gasteiger partial charge is 0.488 e. The number of hydrogen-bond acceptors (Lipinski definition) is 7. The molecule has 10 nitrogen and oxygen atoms in total. The smallest absolute Gasteiger partial charge is 0.273 e. The molecule has 0 atom stereocenters. The number of benzene rings is 1. The van der Waals surface area contributed by atoms with E-state index in [0.29, 0.717) is 25.3 Å². The second-order valence-electron chi connectivity index (χ2n) is 11.7. The molecule has 3 aromatic rings. The lowest BCUT2D eigenvalue weighted by Crippen LogP contribution is -2.41. The number of carbonyl (C=O) groups excluding carboxylic acids is 2. The molecule has 0 saturated carbocycles. The van der Waals surface area contributed by atoms with Crippen LogP contribution in [0.5, 0.6) is 5.75 Å². The van der Waals surface area contributed by atoms with Crippen molar-refractivity contribution < 1.29 is 14.3 Å². The Morgan fingerprint density at radius 3 is 2.59 bits per heavy atom. The van der Waals surface area contributed by atoms with Crippen LogP contribution in [0.3, 0.4) is 0 Å². The van der Waals surface area contributed by atoms with Gasteiger partial charge in [0.25, 0.3) is 5.91 Å². The molecule has 0 unspecified atom stereocenters. The van der Waals surface area contributed by atoms with E-state index in [1.807, 2.05) is 75.9 Å². The number of pyridine rings is 1. The van der Waals surface area contributed by atoms with Gasteiger partial charge in [-0.1, -0.05) is 29.5 Å². The zero-order chi connectivity index (χ0) is 29.6. The molecule has 2 aromatic heterocycles. The molecular weight excluding hydrogens is 518 g/mol. The molecule has 4 rings (SSSR count). The summed E-state index contributed by atoms with van der Waals surface area (Å²) in [7, 11) is 3.95. The number of likely N-dealkylation sites (tertiary alicyclic amines) is 1. The van der Waals surface area contributed by atoms with E-state index in [-0.39, 0.29) is 23.5 Å².